The minimum absolute atomic E-state index is 0. The van der Waals surface area contributed by atoms with Gasteiger partial charge in [0.25, 0.3) is 5.91 Å². The molecule has 25 heavy (non-hydrogen) atoms. The van der Waals surface area contributed by atoms with Gasteiger partial charge < -0.3 is 10.2 Å². The van der Waals surface area contributed by atoms with Gasteiger partial charge in [0.05, 0.1) is 10.9 Å². The van der Waals surface area contributed by atoms with Crippen molar-refractivity contribution in [2.45, 2.75) is 26.3 Å². The summed E-state index contributed by atoms with van der Waals surface area (Å²) in [4.78, 5) is 17.5. The molecule has 0 saturated carbocycles. The summed E-state index contributed by atoms with van der Waals surface area (Å²) in [6.07, 6.45) is 0.994. The van der Waals surface area contributed by atoms with Crippen LogP contribution in [0.1, 0.15) is 38.6 Å². The average molecular weight is 377 g/mol. The summed E-state index contributed by atoms with van der Waals surface area (Å²) in [5.41, 5.74) is 2.60. The van der Waals surface area contributed by atoms with E-state index in [4.69, 9.17) is 0 Å². The first kappa shape index (κ1) is 18.4. The number of carbonyl (C=O) groups is 1. The van der Waals surface area contributed by atoms with Gasteiger partial charge in [0, 0.05) is 30.4 Å². The number of hydrogen-bond acceptors (Lipinski definition) is 3. The second-order valence-electron chi connectivity index (χ2n) is 6.96. The first-order valence-electron chi connectivity index (χ1n) is 8.85. The van der Waals surface area contributed by atoms with Crippen LogP contribution < -0.4 is 5.32 Å². The predicted molar refractivity (Wildman–Crippen MR) is 106 cm³/mol. The van der Waals surface area contributed by atoms with Crippen molar-refractivity contribution in [2.24, 2.45) is 11.8 Å². The van der Waals surface area contributed by atoms with Crippen LogP contribution in [0.15, 0.2) is 36.4 Å². The SMILES string of the molecule is CCc1ccc(C(=O)N2C[C@@H]3CNC[C@@H]3[C@@H]2c2ccccc2C)s1.Cl. The van der Waals surface area contributed by atoms with Gasteiger partial charge in [-0.05, 0) is 42.5 Å². The van der Waals surface area contributed by atoms with Gasteiger partial charge in [-0.25, -0.2) is 0 Å². The lowest BCUT2D eigenvalue weighted by atomic mass is 9.87. The lowest BCUT2D eigenvalue weighted by molar-refractivity contribution is 0.0718. The Balaban J connectivity index is 0.00000182. The van der Waals surface area contributed by atoms with Crippen LogP contribution in [-0.2, 0) is 6.42 Å². The van der Waals surface area contributed by atoms with Crippen LogP contribution >= 0.6 is 23.7 Å². The Bertz CT molecular complexity index is 760. The summed E-state index contributed by atoms with van der Waals surface area (Å²) in [5.74, 6) is 1.31. The predicted octanol–water partition coefficient (Wildman–Crippen LogP) is 4.07. The minimum Gasteiger partial charge on any atom is -0.330 e. The van der Waals surface area contributed by atoms with E-state index in [-0.39, 0.29) is 24.4 Å². The normalized spacial score (nSPS) is 24.9. The number of rotatable bonds is 3. The highest BCUT2D eigenvalue weighted by Gasteiger charge is 2.47. The van der Waals surface area contributed by atoms with E-state index in [0.717, 1.165) is 30.9 Å². The van der Waals surface area contributed by atoms with Crippen LogP contribution in [0.2, 0.25) is 0 Å². The Kier molecular flexibility index (Phi) is 5.52. The third-order valence-electron chi connectivity index (χ3n) is 5.55. The number of hydrogen-bond donors (Lipinski definition) is 1. The maximum absolute atomic E-state index is 13.2. The van der Waals surface area contributed by atoms with E-state index in [1.807, 2.05) is 6.07 Å². The zero-order valence-corrected chi connectivity index (χ0v) is 16.3. The summed E-state index contributed by atoms with van der Waals surface area (Å²) >= 11 is 1.65. The van der Waals surface area contributed by atoms with E-state index in [9.17, 15) is 4.79 Å². The van der Waals surface area contributed by atoms with Gasteiger partial charge in [0.1, 0.15) is 0 Å². The monoisotopic (exact) mass is 376 g/mol. The fourth-order valence-electron chi connectivity index (χ4n) is 4.27. The van der Waals surface area contributed by atoms with Crippen LogP contribution in [0.4, 0.5) is 0 Å². The highest BCUT2D eigenvalue weighted by atomic mass is 35.5. The fourth-order valence-corrected chi connectivity index (χ4v) is 5.17. The van der Waals surface area contributed by atoms with Crippen molar-refractivity contribution < 1.29 is 4.79 Å². The van der Waals surface area contributed by atoms with E-state index in [1.54, 1.807) is 11.3 Å². The molecule has 1 aromatic carbocycles. The quantitative estimate of drug-likeness (QED) is 0.875. The van der Waals surface area contributed by atoms with Crippen molar-refractivity contribution in [2.75, 3.05) is 19.6 Å². The lowest BCUT2D eigenvalue weighted by Gasteiger charge is -2.29. The molecule has 2 aliphatic rings. The van der Waals surface area contributed by atoms with Gasteiger partial charge in [0.2, 0.25) is 0 Å². The number of amides is 1. The largest absolute Gasteiger partial charge is 0.330 e. The molecular weight excluding hydrogens is 352 g/mol. The molecular formula is C20H25ClN2OS. The smallest absolute Gasteiger partial charge is 0.264 e. The molecule has 3 nitrogen and oxygen atoms in total. The Morgan fingerprint density at radius 1 is 1.24 bits per heavy atom. The van der Waals surface area contributed by atoms with Gasteiger partial charge >= 0.3 is 0 Å². The molecule has 0 bridgehead atoms. The van der Waals surface area contributed by atoms with E-state index in [0.29, 0.717) is 11.8 Å². The van der Waals surface area contributed by atoms with Gasteiger partial charge in [-0.1, -0.05) is 31.2 Å². The lowest BCUT2D eigenvalue weighted by Crippen LogP contribution is -2.34. The van der Waals surface area contributed by atoms with Crippen molar-refractivity contribution >= 4 is 29.7 Å². The number of likely N-dealkylation sites (tertiary alicyclic amines) is 1. The second kappa shape index (κ2) is 7.48. The molecule has 0 radical (unpaired) electrons. The molecule has 1 aromatic heterocycles. The first-order chi connectivity index (χ1) is 11.7. The molecule has 3 heterocycles. The summed E-state index contributed by atoms with van der Waals surface area (Å²) < 4.78 is 0. The molecule has 134 valence electrons. The number of benzene rings is 1. The maximum atomic E-state index is 13.2. The molecule has 2 aliphatic heterocycles. The van der Waals surface area contributed by atoms with E-state index in [2.05, 4.69) is 54.4 Å². The number of aryl methyl sites for hydroxylation is 2. The summed E-state index contributed by atoms with van der Waals surface area (Å²) in [7, 11) is 0. The molecule has 4 rings (SSSR count). The van der Waals surface area contributed by atoms with Crippen LogP contribution in [0.3, 0.4) is 0 Å². The number of nitrogens with zero attached hydrogens (tertiary/aromatic N) is 1. The Hall–Kier alpha value is -1.36. The molecule has 1 amide bonds. The fraction of sp³-hybridized carbons (Fsp3) is 0.450. The second-order valence-corrected chi connectivity index (χ2v) is 8.13. The minimum atomic E-state index is 0. The molecule has 5 heteroatoms. The average Bonchev–Trinajstić information content (AvgIpc) is 3.30. The number of carbonyl (C=O) groups excluding carboxylic acids is 1. The molecule has 0 unspecified atom stereocenters. The van der Waals surface area contributed by atoms with Crippen LogP contribution in [-0.4, -0.2) is 30.4 Å². The third kappa shape index (κ3) is 3.23. The highest BCUT2D eigenvalue weighted by Crippen LogP contribution is 2.44. The van der Waals surface area contributed by atoms with Crippen LogP contribution in [0.25, 0.3) is 0 Å². The van der Waals surface area contributed by atoms with Crippen LogP contribution in [0, 0.1) is 18.8 Å². The van der Waals surface area contributed by atoms with E-state index < -0.39 is 0 Å². The first-order valence-corrected chi connectivity index (χ1v) is 9.66. The molecule has 3 atom stereocenters. The third-order valence-corrected chi connectivity index (χ3v) is 6.77. The van der Waals surface area contributed by atoms with E-state index in [1.165, 1.54) is 16.0 Å². The standard InChI is InChI=1S/C20H24N2OS.ClH/c1-3-15-8-9-18(24-15)20(23)22-12-14-10-21-11-17(14)19(22)16-7-5-4-6-13(16)2;/h4-9,14,17,19,21H,3,10-12H2,1-2H3;1H/t14-,17-,19-;/m0./s1. The summed E-state index contributed by atoms with van der Waals surface area (Å²) in [6, 6.07) is 12.8. The Labute approximate surface area is 159 Å². The number of fused-ring (bicyclic) bond motifs is 1. The van der Waals surface area contributed by atoms with Gasteiger partial charge in [0.15, 0.2) is 0 Å². The van der Waals surface area contributed by atoms with Crippen molar-refractivity contribution in [1.29, 1.82) is 0 Å². The number of nitrogens with one attached hydrogen (secondary N) is 1. The highest BCUT2D eigenvalue weighted by molar-refractivity contribution is 7.14. The molecule has 2 aromatic rings. The molecule has 1 N–H and O–H groups in total. The Morgan fingerprint density at radius 2 is 2.04 bits per heavy atom. The zero-order valence-electron chi connectivity index (χ0n) is 14.7. The number of halogens is 1. The topological polar surface area (TPSA) is 32.3 Å². The molecule has 2 fully saturated rings. The van der Waals surface area contributed by atoms with Gasteiger partial charge in [-0.3, -0.25) is 4.79 Å². The molecule has 2 saturated heterocycles. The number of thiophene rings is 1. The van der Waals surface area contributed by atoms with Crippen molar-refractivity contribution in [1.82, 2.24) is 10.2 Å². The maximum Gasteiger partial charge on any atom is 0.264 e. The van der Waals surface area contributed by atoms with E-state index >= 15 is 0 Å². The molecule has 0 aliphatic carbocycles. The zero-order chi connectivity index (χ0) is 16.7. The summed E-state index contributed by atoms with van der Waals surface area (Å²) in [5, 5.41) is 3.52. The molecule has 0 spiro atoms. The van der Waals surface area contributed by atoms with Gasteiger partial charge in [-0.2, -0.15) is 0 Å². The Morgan fingerprint density at radius 3 is 2.76 bits per heavy atom. The summed E-state index contributed by atoms with van der Waals surface area (Å²) in [6.45, 7) is 7.21. The van der Waals surface area contributed by atoms with Crippen molar-refractivity contribution in [3.63, 3.8) is 0 Å². The van der Waals surface area contributed by atoms with Crippen molar-refractivity contribution in [3.05, 3.63) is 57.3 Å². The van der Waals surface area contributed by atoms with Gasteiger partial charge in [-0.15, -0.1) is 23.7 Å². The van der Waals surface area contributed by atoms with Crippen molar-refractivity contribution in [3.8, 4) is 0 Å². The van der Waals surface area contributed by atoms with Crippen LogP contribution in [0.5, 0.6) is 0 Å².